The summed E-state index contributed by atoms with van der Waals surface area (Å²) in [7, 11) is 0. The zero-order valence-corrected chi connectivity index (χ0v) is 12.8. The first-order chi connectivity index (χ1) is 9.49. The van der Waals surface area contributed by atoms with Gasteiger partial charge in [-0.3, -0.25) is 0 Å². The second kappa shape index (κ2) is 8.12. The standard InChI is InChI=1S/C15H28N2O3/c1-4-10(3)13(14(18)19)17-15(20)16-12-9-7-6-8-11(12)5-2/h10-13H,4-9H2,1-3H3,(H,18,19)(H2,16,17,20)/t10?,11?,12?,13-/m0/s1. The van der Waals surface area contributed by atoms with Gasteiger partial charge in [-0.25, -0.2) is 9.59 Å². The summed E-state index contributed by atoms with van der Waals surface area (Å²) < 4.78 is 0. The van der Waals surface area contributed by atoms with Gasteiger partial charge in [-0.1, -0.05) is 46.5 Å². The minimum Gasteiger partial charge on any atom is -0.480 e. The summed E-state index contributed by atoms with van der Waals surface area (Å²) >= 11 is 0. The van der Waals surface area contributed by atoms with Crippen LogP contribution < -0.4 is 10.6 Å². The van der Waals surface area contributed by atoms with Crippen molar-refractivity contribution in [2.24, 2.45) is 11.8 Å². The van der Waals surface area contributed by atoms with Crippen LogP contribution in [0.1, 0.15) is 59.3 Å². The molecule has 5 heteroatoms. The lowest BCUT2D eigenvalue weighted by molar-refractivity contribution is -0.140. The Morgan fingerprint density at radius 3 is 2.45 bits per heavy atom. The summed E-state index contributed by atoms with van der Waals surface area (Å²) in [6.45, 7) is 5.91. The molecule has 0 heterocycles. The van der Waals surface area contributed by atoms with Crippen molar-refractivity contribution in [2.45, 2.75) is 71.4 Å². The van der Waals surface area contributed by atoms with Gasteiger partial charge < -0.3 is 15.7 Å². The van der Waals surface area contributed by atoms with Crippen LogP contribution in [0.5, 0.6) is 0 Å². The Morgan fingerprint density at radius 2 is 1.90 bits per heavy atom. The van der Waals surface area contributed by atoms with Crippen LogP contribution in [-0.4, -0.2) is 29.2 Å². The Morgan fingerprint density at radius 1 is 1.25 bits per heavy atom. The lowest BCUT2D eigenvalue weighted by Gasteiger charge is -2.32. The SMILES string of the molecule is CCC1CCCCC1NC(=O)N[C@H](C(=O)O)C(C)CC. The van der Waals surface area contributed by atoms with Gasteiger partial charge in [0.2, 0.25) is 0 Å². The average molecular weight is 284 g/mol. The third-order valence-electron chi connectivity index (χ3n) is 4.52. The molecular formula is C15H28N2O3. The molecule has 0 spiro atoms. The molecular weight excluding hydrogens is 256 g/mol. The highest BCUT2D eigenvalue weighted by Gasteiger charge is 2.28. The molecule has 1 fully saturated rings. The molecule has 116 valence electrons. The molecule has 5 nitrogen and oxygen atoms in total. The van der Waals surface area contributed by atoms with Gasteiger partial charge in [0.25, 0.3) is 0 Å². The maximum Gasteiger partial charge on any atom is 0.326 e. The molecule has 0 aromatic heterocycles. The van der Waals surface area contributed by atoms with Crippen molar-refractivity contribution in [3.63, 3.8) is 0 Å². The number of carbonyl (C=O) groups excluding carboxylic acids is 1. The zero-order chi connectivity index (χ0) is 15.1. The molecule has 0 aromatic rings. The molecule has 0 bridgehead atoms. The number of hydrogen-bond donors (Lipinski definition) is 3. The van der Waals surface area contributed by atoms with Crippen LogP contribution >= 0.6 is 0 Å². The maximum absolute atomic E-state index is 12.0. The number of hydrogen-bond acceptors (Lipinski definition) is 2. The molecule has 1 aliphatic carbocycles. The second-order valence-electron chi connectivity index (χ2n) is 5.88. The van der Waals surface area contributed by atoms with E-state index in [9.17, 15) is 14.7 Å². The Kier molecular flexibility index (Phi) is 6.82. The lowest BCUT2D eigenvalue weighted by atomic mass is 9.83. The van der Waals surface area contributed by atoms with Gasteiger partial charge in [0.1, 0.15) is 6.04 Å². The molecule has 0 radical (unpaired) electrons. The molecule has 2 amide bonds. The number of urea groups is 1. The second-order valence-corrected chi connectivity index (χ2v) is 5.88. The molecule has 0 aromatic carbocycles. The van der Waals surface area contributed by atoms with E-state index in [0.29, 0.717) is 5.92 Å². The van der Waals surface area contributed by atoms with Crippen molar-refractivity contribution >= 4 is 12.0 Å². The smallest absolute Gasteiger partial charge is 0.326 e. The molecule has 1 rings (SSSR count). The van der Waals surface area contributed by atoms with E-state index < -0.39 is 12.0 Å². The fraction of sp³-hybridized carbons (Fsp3) is 0.867. The molecule has 0 aliphatic heterocycles. The van der Waals surface area contributed by atoms with Gasteiger partial charge in [-0.05, 0) is 24.7 Å². The van der Waals surface area contributed by atoms with E-state index in [1.165, 1.54) is 6.42 Å². The van der Waals surface area contributed by atoms with Crippen molar-refractivity contribution in [1.29, 1.82) is 0 Å². The van der Waals surface area contributed by atoms with Crippen LogP contribution in [0.25, 0.3) is 0 Å². The molecule has 20 heavy (non-hydrogen) atoms. The predicted molar refractivity (Wildman–Crippen MR) is 78.6 cm³/mol. The third kappa shape index (κ3) is 4.69. The first-order valence-corrected chi connectivity index (χ1v) is 7.79. The van der Waals surface area contributed by atoms with Gasteiger partial charge in [-0.2, -0.15) is 0 Å². The molecule has 1 aliphatic rings. The van der Waals surface area contributed by atoms with Crippen LogP contribution in [-0.2, 0) is 4.79 Å². The van der Waals surface area contributed by atoms with E-state index >= 15 is 0 Å². The third-order valence-corrected chi connectivity index (χ3v) is 4.52. The largest absolute Gasteiger partial charge is 0.480 e. The van der Waals surface area contributed by atoms with E-state index in [2.05, 4.69) is 17.6 Å². The van der Waals surface area contributed by atoms with Gasteiger partial charge in [0.05, 0.1) is 0 Å². The van der Waals surface area contributed by atoms with E-state index in [-0.39, 0.29) is 18.0 Å². The first kappa shape index (κ1) is 16.8. The Hall–Kier alpha value is -1.26. The number of carboxylic acid groups (broad SMARTS) is 1. The zero-order valence-electron chi connectivity index (χ0n) is 12.8. The van der Waals surface area contributed by atoms with Gasteiger partial charge in [0, 0.05) is 6.04 Å². The van der Waals surface area contributed by atoms with Crippen molar-refractivity contribution in [2.75, 3.05) is 0 Å². The number of rotatable bonds is 6. The van der Waals surface area contributed by atoms with Crippen molar-refractivity contribution in [1.82, 2.24) is 10.6 Å². The maximum atomic E-state index is 12.0. The number of carbonyl (C=O) groups is 2. The quantitative estimate of drug-likeness (QED) is 0.701. The highest BCUT2D eigenvalue weighted by molar-refractivity contribution is 5.82. The topological polar surface area (TPSA) is 78.4 Å². The highest BCUT2D eigenvalue weighted by atomic mass is 16.4. The van der Waals surface area contributed by atoms with Crippen LogP contribution in [0.4, 0.5) is 4.79 Å². The van der Waals surface area contributed by atoms with E-state index in [0.717, 1.165) is 32.1 Å². The monoisotopic (exact) mass is 284 g/mol. The molecule has 1 saturated carbocycles. The lowest BCUT2D eigenvalue weighted by Crippen LogP contribution is -2.53. The summed E-state index contributed by atoms with van der Waals surface area (Å²) in [5.41, 5.74) is 0. The minimum atomic E-state index is -0.967. The molecule has 4 atom stereocenters. The Balaban J connectivity index is 2.54. The summed E-state index contributed by atoms with van der Waals surface area (Å²) in [5, 5.41) is 14.8. The van der Waals surface area contributed by atoms with Gasteiger partial charge in [-0.15, -0.1) is 0 Å². The van der Waals surface area contributed by atoms with Crippen molar-refractivity contribution < 1.29 is 14.7 Å². The first-order valence-electron chi connectivity index (χ1n) is 7.79. The Labute approximate surface area is 121 Å². The van der Waals surface area contributed by atoms with Gasteiger partial charge >= 0.3 is 12.0 Å². The molecule has 0 saturated heterocycles. The number of nitrogens with one attached hydrogen (secondary N) is 2. The Bertz CT molecular complexity index is 333. The molecule has 3 N–H and O–H groups in total. The van der Waals surface area contributed by atoms with Crippen LogP contribution in [0.15, 0.2) is 0 Å². The summed E-state index contributed by atoms with van der Waals surface area (Å²) in [5.74, 6) is -0.529. The van der Waals surface area contributed by atoms with Crippen molar-refractivity contribution in [3.8, 4) is 0 Å². The van der Waals surface area contributed by atoms with E-state index in [1.807, 2.05) is 13.8 Å². The van der Waals surface area contributed by atoms with E-state index in [1.54, 1.807) is 0 Å². The van der Waals surface area contributed by atoms with Crippen LogP contribution in [0.3, 0.4) is 0 Å². The van der Waals surface area contributed by atoms with Crippen molar-refractivity contribution in [3.05, 3.63) is 0 Å². The number of aliphatic carboxylic acids is 1. The summed E-state index contributed by atoms with van der Waals surface area (Å²) in [6, 6.07) is -0.980. The minimum absolute atomic E-state index is 0.0772. The summed E-state index contributed by atoms with van der Waals surface area (Å²) in [4.78, 5) is 23.2. The number of carboxylic acids is 1. The highest BCUT2D eigenvalue weighted by Crippen LogP contribution is 2.26. The van der Waals surface area contributed by atoms with Crippen LogP contribution in [0.2, 0.25) is 0 Å². The normalized spacial score (nSPS) is 25.6. The fourth-order valence-electron chi connectivity index (χ4n) is 2.92. The fourth-order valence-corrected chi connectivity index (χ4v) is 2.92. The van der Waals surface area contributed by atoms with Gasteiger partial charge in [0.15, 0.2) is 0 Å². The predicted octanol–water partition coefficient (Wildman–Crippen LogP) is 2.75. The summed E-state index contributed by atoms with van der Waals surface area (Å²) in [6.07, 6.45) is 6.27. The number of amides is 2. The van der Waals surface area contributed by atoms with E-state index in [4.69, 9.17) is 0 Å². The average Bonchev–Trinajstić information content (AvgIpc) is 2.44. The molecule has 3 unspecified atom stereocenters. The van der Waals surface area contributed by atoms with Crippen LogP contribution in [0, 0.1) is 11.8 Å².